The molecule has 0 unspecified atom stereocenters. The standard InChI is InChI=1S/C13H20N2O3/c1-4-18-11-6-5-10(7-12(11)17-3)8-15(2)9-13(14)16/h5-7H,4,8-9H2,1-3H3,(H2,14,16). The molecule has 100 valence electrons. The van der Waals surface area contributed by atoms with Gasteiger partial charge in [0.1, 0.15) is 0 Å². The van der Waals surface area contributed by atoms with E-state index in [0.717, 1.165) is 11.3 Å². The molecule has 1 aromatic rings. The SMILES string of the molecule is CCOc1ccc(CN(C)CC(N)=O)cc1OC. The Morgan fingerprint density at radius 1 is 1.39 bits per heavy atom. The van der Waals surface area contributed by atoms with Gasteiger partial charge in [0.05, 0.1) is 20.3 Å². The molecule has 2 N–H and O–H groups in total. The van der Waals surface area contributed by atoms with E-state index in [0.29, 0.717) is 18.9 Å². The minimum atomic E-state index is -0.338. The van der Waals surface area contributed by atoms with Crippen LogP contribution in [0.25, 0.3) is 0 Å². The molecule has 5 heteroatoms. The molecule has 0 atom stereocenters. The van der Waals surface area contributed by atoms with Crippen molar-refractivity contribution in [3.63, 3.8) is 0 Å². The lowest BCUT2D eigenvalue weighted by Crippen LogP contribution is -2.30. The highest BCUT2D eigenvalue weighted by molar-refractivity contribution is 5.75. The fourth-order valence-corrected chi connectivity index (χ4v) is 1.72. The van der Waals surface area contributed by atoms with Crippen molar-refractivity contribution < 1.29 is 14.3 Å². The van der Waals surface area contributed by atoms with Gasteiger partial charge in [0, 0.05) is 6.54 Å². The number of hydrogen-bond donors (Lipinski definition) is 1. The van der Waals surface area contributed by atoms with Gasteiger partial charge in [-0.05, 0) is 31.7 Å². The highest BCUT2D eigenvalue weighted by Gasteiger charge is 2.08. The maximum Gasteiger partial charge on any atom is 0.231 e. The third-order valence-corrected chi connectivity index (χ3v) is 2.41. The van der Waals surface area contributed by atoms with E-state index in [4.69, 9.17) is 15.2 Å². The predicted octanol–water partition coefficient (Wildman–Crippen LogP) is 1.01. The van der Waals surface area contributed by atoms with Gasteiger partial charge in [-0.25, -0.2) is 0 Å². The molecular formula is C13H20N2O3. The van der Waals surface area contributed by atoms with E-state index in [1.54, 1.807) is 7.11 Å². The Balaban J connectivity index is 2.75. The summed E-state index contributed by atoms with van der Waals surface area (Å²) < 4.78 is 10.7. The van der Waals surface area contributed by atoms with E-state index >= 15 is 0 Å². The van der Waals surface area contributed by atoms with Crippen LogP contribution in [0.4, 0.5) is 0 Å². The summed E-state index contributed by atoms with van der Waals surface area (Å²) in [4.78, 5) is 12.6. The van der Waals surface area contributed by atoms with Crippen molar-refractivity contribution >= 4 is 5.91 Å². The Morgan fingerprint density at radius 2 is 2.11 bits per heavy atom. The third-order valence-electron chi connectivity index (χ3n) is 2.41. The average molecular weight is 252 g/mol. The lowest BCUT2D eigenvalue weighted by Gasteiger charge is -2.16. The number of likely N-dealkylation sites (N-methyl/N-ethyl adjacent to an activating group) is 1. The summed E-state index contributed by atoms with van der Waals surface area (Å²) in [5.41, 5.74) is 6.18. The molecular weight excluding hydrogens is 232 g/mol. The van der Waals surface area contributed by atoms with Crippen LogP contribution in [-0.4, -0.2) is 38.1 Å². The highest BCUT2D eigenvalue weighted by Crippen LogP contribution is 2.28. The van der Waals surface area contributed by atoms with Crippen LogP contribution in [-0.2, 0) is 11.3 Å². The van der Waals surface area contributed by atoms with Crippen molar-refractivity contribution in [3.05, 3.63) is 23.8 Å². The lowest BCUT2D eigenvalue weighted by atomic mass is 10.2. The number of ether oxygens (including phenoxy) is 2. The first-order valence-corrected chi connectivity index (χ1v) is 5.83. The van der Waals surface area contributed by atoms with Gasteiger partial charge in [-0.15, -0.1) is 0 Å². The Bertz CT molecular complexity index is 407. The zero-order valence-electron chi connectivity index (χ0n) is 11.1. The van der Waals surface area contributed by atoms with Crippen LogP contribution < -0.4 is 15.2 Å². The molecule has 0 heterocycles. The summed E-state index contributed by atoms with van der Waals surface area (Å²) in [5, 5.41) is 0. The largest absolute Gasteiger partial charge is 0.493 e. The maximum atomic E-state index is 10.8. The minimum Gasteiger partial charge on any atom is -0.493 e. The van der Waals surface area contributed by atoms with Crippen molar-refractivity contribution in [2.75, 3.05) is 27.3 Å². The van der Waals surface area contributed by atoms with Crippen LogP contribution in [0, 0.1) is 0 Å². The molecule has 0 saturated carbocycles. The first-order valence-electron chi connectivity index (χ1n) is 5.83. The summed E-state index contributed by atoms with van der Waals surface area (Å²) in [6.07, 6.45) is 0. The van der Waals surface area contributed by atoms with E-state index in [-0.39, 0.29) is 12.5 Å². The van der Waals surface area contributed by atoms with Gasteiger partial charge in [-0.3, -0.25) is 9.69 Å². The average Bonchev–Trinajstić information content (AvgIpc) is 2.30. The fraction of sp³-hybridized carbons (Fsp3) is 0.462. The Kier molecular flexibility index (Phi) is 5.45. The second kappa shape index (κ2) is 6.86. The Morgan fingerprint density at radius 3 is 2.67 bits per heavy atom. The number of carbonyl (C=O) groups excluding carboxylic acids is 1. The molecule has 0 radical (unpaired) electrons. The van der Waals surface area contributed by atoms with Crippen LogP contribution in [0.15, 0.2) is 18.2 Å². The van der Waals surface area contributed by atoms with Crippen molar-refractivity contribution in [2.45, 2.75) is 13.5 Å². The number of primary amides is 1. The number of nitrogens with two attached hydrogens (primary N) is 1. The molecule has 1 aromatic carbocycles. The van der Waals surface area contributed by atoms with Gasteiger partial charge in [0.25, 0.3) is 0 Å². The monoisotopic (exact) mass is 252 g/mol. The van der Waals surface area contributed by atoms with Crippen LogP contribution in [0.1, 0.15) is 12.5 Å². The molecule has 0 spiro atoms. The molecule has 0 saturated heterocycles. The van der Waals surface area contributed by atoms with Gasteiger partial charge < -0.3 is 15.2 Å². The van der Waals surface area contributed by atoms with E-state index < -0.39 is 0 Å². The maximum absolute atomic E-state index is 10.8. The molecule has 18 heavy (non-hydrogen) atoms. The molecule has 0 fully saturated rings. The normalized spacial score (nSPS) is 10.4. The second-order valence-electron chi connectivity index (χ2n) is 4.06. The number of carbonyl (C=O) groups is 1. The molecule has 1 rings (SSSR count). The quantitative estimate of drug-likeness (QED) is 0.786. The van der Waals surface area contributed by atoms with E-state index in [1.165, 1.54) is 0 Å². The molecule has 5 nitrogen and oxygen atoms in total. The lowest BCUT2D eigenvalue weighted by molar-refractivity contribution is -0.118. The van der Waals surface area contributed by atoms with Crippen LogP contribution in [0.5, 0.6) is 11.5 Å². The van der Waals surface area contributed by atoms with Crippen molar-refractivity contribution in [2.24, 2.45) is 5.73 Å². The second-order valence-corrected chi connectivity index (χ2v) is 4.06. The number of rotatable bonds is 7. The predicted molar refractivity (Wildman–Crippen MR) is 69.7 cm³/mol. The van der Waals surface area contributed by atoms with E-state index in [9.17, 15) is 4.79 Å². The van der Waals surface area contributed by atoms with Gasteiger partial charge >= 0.3 is 0 Å². The molecule has 0 aliphatic heterocycles. The summed E-state index contributed by atoms with van der Waals surface area (Å²) in [6, 6.07) is 5.73. The fourth-order valence-electron chi connectivity index (χ4n) is 1.72. The number of methoxy groups -OCH3 is 1. The van der Waals surface area contributed by atoms with Crippen molar-refractivity contribution in [1.82, 2.24) is 4.90 Å². The smallest absolute Gasteiger partial charge is 0.231 e. The topological polar surface area (TPSA) is 64.8 Å². The van der Waals surface area contributed by atoms with Gasteiger partial charge in [0.15, 0.2) is 11.5 Å². The number of nitrogens with zero attached hydrogens (tertiary/aromatic N) is 1. The molecule has 1 amide bonds. The van der Waals surface area contributed by atoms with Gasteiger partial charge in [0.2, 0.25) is 5.91 Å². The van der Waals surface area contributed by atoms with Crippen LogP contribution >= 0.6 is 0 Å². The van der Waals surface area contributed by atoms with Crippen LogP contribution in [0.2, 0.25) is 0 Å². The molecule has 0 aliphatic rings. The molecule has 0 bridgehead atoms. The number of amides is 1. The van der Waals surface area contributed by atoms with E-state index in [2.05, 4.69) is 0 Å². The van der Waals surface area contributed by atoms with Gasteiger partial charge in [-0.1, -0.05) is 6.07 Å². The highest BCUT2D eigenvalue weighted by atomic mass is 16.5. The number of hydrogen-bond acceptors (Lipinski definition) is 4. The van der Waals surface area contributed by atoms with Crippen molar-refractivity contribution in [1.29, 1.82) is 0 Å². The molecule has 0 aliphatic carbocycles. The third kappa shape index (κ3) is 4.25. The van der Waals surface area contributed by atoms with Crippen LogP contribution in [0.3, 0.4) is 0 Å². The van der Waals surface area contributed by atoms with Crippen molar-refractivity contribution in [3.8, 4) is 11.5 Å². The minimum absolute atomic E-state index is 0.232. The summed E-state index contributed by atoms with van der Waals surface area (Å²) >= 11 is 0. The van der Waals surface area contributed by atoms with E-state index in [1.807, 2.05) is 37.1 Å². The zero-order valence-corrected chi connectivity index (χ0v) is 11.1. The first kappa shape index (κ1) is 14.3. The number of benzene rings is 1. The summed E-state index contributed by atoms with van der Waals surface area (Å²) in [6.45, 7) is 3.38. The Hall–Kier alpha value is -1.75. The summed E-state index contributed by atoms with van der Waals surface area (Å²) in [7, 11) is 3.45. The first-order chi connectivity index (χ1) is 8.56. The zero-order chi connectivity index (χ0) is 13.5. The Labute approximate surface area is 107 Å². The van der Waals surface area contributed by atoms with Gasteiger partial charge in [-0.2, -0.15) is 0 Å². The summed E-state index contributed by atoms with van der Waals surface area (Å²) in [5.74, 6) is 1.08. The molecule has 0 aromatic heterocycles.